The van der Waals surface area contributed by atoms with Gasteiger partial charge in [0.15, 0.2) is 0 Å². The van der Waals surface area contributed by atoms with Crippen LogP contribution in [0.25, 0.3) is 0 Å². The fraction of sp³-hybridized carbons (Fsp3) is 0.435. The molecule has 2 aromatic rings. The Balaban J connectivity index is 1.29. The van der Waals surface area contributed by atoms with Crippen molar-refractivity contribution in [2.75, 3.05) is 37.7 Å². The molecule has 3 rings (SSSR count). The maximum Gasteiger partial charge on any atom is 0.324 e. The highest BCUT2D eigenvalue weighted by molar-refractivity contribution is 5.94. The minimum atomic E-state index is 0.0844. The lowest BCUT2D eigenvalue weighted by atomic mass is 10.2. The number of carbonyl (C=O) groups excluding carboxylic acids is 1. The van der Waals surface area contributed by atoms with Crippen molar-refractivity contribution in [1.82, 2.24) is 9.88 Å². The number of amides is 2. The third kappa shape index (κ3) is 6.47. The summed E-state index contributed by atoms with van der Waals surface area (Å²) < 4.78 is 5.80. The molecule has 0 aliphatic carbocycles. The highest BCUT2D eigenvalue weighted by atomic mass is 16.6. The Morgan fingerprint density at radius 3 is 2.60 bits per heavy atom. The molecule has 7 nitrogen and oxygen atoms in total. The molecular formula is C23H30N4O3. The van der Waals surface area contributed by atoms with Gasteiger partial charge in [-0.2, -0.15) is 0 Å². The topological polar surface area (TPSA) is 67.3 Å². The van der Waals surface area contributed by atoms with E-state index in [0.717, 1.165) is 62.3 Å². The van der Waals surface area contributed by atoms with Crippen LogP contribution in [0.4, 0.5) is 10.5 Å². The summed E-state index contributed by atoms with van der Waals surface area (Å²) in [4.78, 5) is 25.4. The van der Waals surface area contributed by atoms with Crippen LogP contribution in [-0.4, -0.2) is 55.0 Å². The van der Waals surface area contributed by atoms with Crippen LogP contribution in [0.15, 0.2) is 53.9 Å². The van der Waals surface area contributed by atoms with E-state index in [4.69, 9.17) is 9.57 Å². The predicted octanol–water partition coefficient (Wildman–Crippen LogP) is 4.33. The van der Waals surface area contributed by atoms with E-state index >= 15 is 0 Å². The van der Waals surface area contributed by atoms with E-state index in [-0.39, 0.29) is 6.03 Å². The second kappa shape index (κ2) is 11.8. The summed E-state index contributed by atoms with van der Waals surface area (Å²) in [6.07, 6.45) is 9.05. The zero-order chi connectivity index (χ0) is 21.0. The first-order valence-corrected chi connectivity index (χ1v) is 10.6. The van der Waals surface area contributed by atoms with E-state index < -0.39 is 0 Å². The summed E-state index contributed by atoms with van der Waals surface area (Å²) in [6, 6.07) is 11.6. The number of aromatic nitrogens is 1. The molecule has 0 saturated carbocycles. The first-order valence-electron chi connectivity index (χ1n) is 10.6. The van der Waals surface area contributed by atoms with E-state index in [0.29, 0.717) is 13.2 Å². The van der Waals surface area contributed by atoms with Gasteiger partial charge in [0.05, 0.1) is 12.8 Å². The van der Waals surface area contributed by atoms with Gasteiger partial charge in [0.25, 0.3) is 0 Å². The van der Waals surface area contributed by atoms with Crippen LogP contribution in [0, 0.1) is 0 Å². The standard InChI is InChI=1S/C23H30N4O3/c1-2-17-30-25-19-20-6-8-22(9-7-20)29-18-5-3-4-14-26-15-16-27(23(26)28)21-10-12-24-13-11-21/h6-13,19H,2-5,14-18H2,1H3. The van der Waals surface area contributed by atoms with Gasteiger partial charge in [-0.1, -0.05) is 12.1 Å². The molecule has 30 heavy (non-hydrogen) atoms. The summed E-state index contributed by atoms with van der Waals surface area (Å²) in [6.45, 7) is 5.64. The van der Waals surface area contributed by atoms with E-state index in [1.54, 1.807) is 18.6 Å². The Morgan fingerprint density at radius 1 is 1.03 bits per heavy atom. The van der Waals surface area contributed by atoms with Gasteiger partial charge in [-0.25, -0.2) is 4.79 Å². The van der Waals surface area contributed by atoms with Gasteiger partial charge < -0.3 is 14.5 Å². The van der Waals surface area contributed by atoms with Gasteiger partial charge in [0.1, 0.15) is 12.4 Å². The van der Waals surface area contributed by atoms with Crippen LogP contribution in [-0.2, 0) is 4.84 Å². The number of hydrogen-bond acceptors (Lipinski definition) is 5. The number of rotatable bonds is 12. The number of anilines is 1. The first-order chi connectivity index (χ1) is 14.8. The summed E-state index contributed by atoms with van der Waals surface area (Å²) in [7, 11) is 0. The maximum absolute atomic E-state index is 12.5. The average molecular weight is 411 g/mol. The van der Waals surface area contributed by atoms with Crippen molar-refractivity contribution in [3.05, 3.63) is 54.4 Å². The lowest BCUT2D eigenvalue weighted by molar-refractivity contribution is 0.146. The molecule has 0 N–H and O–H groups in total. The van der Waals surface area contributed by atoms with Crippen molar-refractivity contribution in [2.45, 2.75) is 32.6 Å². The van der Waals surface area contributed by atoms with Crippen molar-refractivity contribution in [3.63, 3.8) is 0 Å². The third-order valence-electron chi connectivity index (χ3n) is 4.86. The summed E-state index contributed by atoms with van der Waals surface area (Å²) >= 11 is 0. The number of carbonyl (C=O) groups is 1. The molecule has 0 spiro atoms. The average Bonchev–Trinajstić information content (AvgIpc) is 3.15. The predicted molar refractivity (Wildman–Crippen MR) is 118 cm³/mol. The Labute approximate surface area is 178 Å². The second-order valence-corrected chi connectivity index (χ2v) is 7.17. The lowest BCUT2D eigenvalue weighted by Gasteiger charge is -2.18. The number of pyridine rings is 1. The molecule has 1 saturated heterocycles. The minimum absolute atomic E-state index is 0.0844. The molecule has 160 valence electrons. The molecule has 1 aliphatic heterocycles. The van der Waals surface area contributed by atoms with Gasteiger partial charge >= 0.3 is 6.03 Å². The normalized spacial score (nSPS) is 14.0. The van der Waals surface area contributed by atoms with Gasteiger partial charge in [-0.05, 0) is 67.6 Å². The molecule has 1 aromatic heterocycles. The van der Waals surface area contributed by atoms with Crippen molar-refractivity contribution in [1.29, 1.82) is 0 Å². The Kier molecular flexibility index (Phi) is 8.50. The van der Waals surface area contributed by atoms with E-state index in [2.05, 4.69) is 10.1 Å². The molecule has 1 aromatic carbocycles. The van der Waals surface area contributed by atoms with Crippen LogP contribution in [0.1, 0.15) is 38.2 Å². The Hall–Kier alpha value is -3.09. The Bertz CT molecular complexity index is 796. The highest BCUT2D eigenvalue weighted by Crippen LogP contribution is 2.19. The van der Waals surface area contributed by atoms with Crippen molar-refractivity contribution in [2.24, 2.45) is 5.16 Å². The number of hydrogen-bond donors (Lipinski definition) is 0. The van der Waals surface area contributed by atoms with Crippen LogP contribution < -0.4 is 9.64 Å². The summed E-state index contributed by atoms with van der Waals surface area (Å²) in [5.41, 5.74) is 1.89. The number of urea groups is 1. The maximum atomic E-state index is 12.5. The van der Waals surface area contributed by atoms with Crippen LogP contribution in [0.5, 0.6) is 5.75 Å². The molecule has 1 aliphatic rings. The number of benzene rings is 1. The van der Waals surface area contributed by atoms with Crippen molar-refractivity contribution < 1.29 is 14.4 Å². The van der Waals surface area contributed by atoms with Crippen LogP contribution >= 0.6 is 0 Å². The summed E-state index contributed by atoms with van der Waals surface area (Å²) in [5, 5.41) is 3.92. The van der Waals surface area contributed by atoms with Crippen LogP contribution in [0.3, 0.4) is 0 Å². The second-order valence-electron chi connectivity index (χ2n) is 7.17. The number of nitrogens with zero attached hydrogens (tertiary/aromatic N) is 4. The smallest absolute Gasteiger partial charge is 0.324 e. The SMILES string of the molecule is CCCON=Cc1ccc(OCCCCCN2CCN(c3ccncc3)C2=O)cc1. The van der Waals surface area contributed by atoms with Crippen molar-refractivity contribution >= 4 is 17.9 Å². The molecule has 2 amide bonds. The quantitative estimate of drug-likeness (QED) is 0.297. The molecular weight excluding hydrogens is 380 g/mol. The molecule has 0 unspecified atom stereocenters. The molecule has 7 heteroatoms. The molecule has 0 radical (unpaired) electrons. The summed E-state index contributed by atoms with van der Waals surface area (Å²) in [5.74, 6) is 0.851. The number of unbranched alkanes of at least 4 members (excludes halogenated alkanes) is 2. The monoisotopic (exact) mass is 410 g/mol. The molecule has 1 fully saturated rings. The van der Waals surface area contributed by atoms with Gasteiger partial charge in [0, 0.05) is 37.7 Å². The largest absolute Gasteiger partial charge is 0.494 e. The number of oxime groups is 1. The van der Waals surface area contributed by atoms with E-state index in [1.165, 1.54) is 0 Å². The van der Waals surface area contributed by atoms with Gasteiger partial charge in [0.2, 0.25) is 0 Å². The molecule has 0 bridgehead atoms. The molecule has 0 atom stereocenters. The number of ether oxygens (including phenoxy) is 1. The van der Waals surface area contributed by atoms with Crippen LogP contribution in [0.2, 0.25) is 0 Å². The molecule has 2 heterocycles. The minimum Gasteiger partial charge on any atom is -0.494 e. The van der Waals surface area contributed by atoms with Gasteiger partial charge in [-0.3, -0.25) is 9.88 Å². The van der Waals surface area contributed by atoms with Crippen molar-refractivity contribution in [3.8, 4) is 5.75 Å². The zero-order valence-corrected chi connectivity index (χ0v) is 17.6. The zero-order valence-electron chi connectivity index (χ0n) is 17.6. The van der Waals surface area contributed by atoms with Gasteiger partial charge in [-0.15, -0.1) is 0 Å². The van der Waals surface area contributed by atoms with E-state index in [9.17, 15) is 4.79 Å². The fourth-order valence-corrected chi connectivity index (χ4v) is 3.22. The fourth-order valence-electron chi connectivity index (χ4n) is 3.22. The lowest BCUT2D eigenvalue weighted by Crippen LogP contribution is -2.32. The highest BCUT2D eigenvalue weighted by Gasteiger charge is 2.28. The van der Waals surface area contributed by atoms with E-state index in [1.807, 2.05) is 53.1 Å². The third-order valence-corrected chi connectivity index (χ3v) is 4.86. The first kappa shape index (κ1) is 21.6. The Morgan fingerprint density at radius 2 is 1.83 bits per heavy atom.